The summed E-state index contributed by atoms with van der Waals surface area (Å²) in [5.74, 6) is 0.231. The predicted molar refractivity (Wildman–Crippen MR) is 40.6 cm³/mol. The topological polar surface area (TPSA) is 26.0 Å². The van der Waals surface area contributed by atoms with Crippen LogP contribution in [0.3, 0.4) is 0 Å². The van der Waals surface area contributed by atoms with Crippen LogP contribution >= 0.6 is 0 Å². The summed E-state index contributed by atoms with van der Waals surface area (Å²) in [6, 6.07) is 0.268. The van der Waals surface area contributed by atoms with Gasteiger partial charge in [0.05, 0.1) is 0 Å². The van der Waals surface area contributed by atoms with Crippen molar-refractivity contribution in [3.8, 4) is 0 Å². The standard InChI is InChI=1S/C8H15F2N/c9-8(10)5-6-1-3-7(11)4-2-6/h6-8H,1-5,11H2. The molecular formula is C8H15F2N. The van der Waals surface area contributed by atoms with Crippen LogP contribution in [0.15, 0.2) is 0 Å². The molecule has 0 radical (unpaired) electrons. The molecule has 1 rings (SSSR count). The van der Waals surface area contributed by atoms with E-state index in [9.17, 15) is 8.78 Å². The molecule has 0 saturated heterocycles. The highest BCUT2D eigenvalue weighted by Gasteiger charge is 2.21. The Labute approximate surface area is 66.0 Å². The molecule has 1 aliphatic rings. The Morgan fingerprint density at radius 3 is 2.18 bits per heavy atom. The molecule has 1 nitrogen and oxygen atoms in total. The third-order valence-corrected chi connectivity index (χ3v) is 2.40. The van der Waals surface area contributed by atoms with Gasteiger partial charge in [-0.2, -0.15) is 0 Å². The SMILES string of the molecule is NC1CCC(CC(F)F)CC1. The van der Waals surface area contributed by atoms with Crippen LogP contribution in [-0.2, 0) is 0 Å². The van der Waals surface area contributed by atoms with Crippen molar-refractivity contribution in [2.24, 2.45) is 11.7 Å². The number of halogens is 2. The molecule has 66 valence electrons. The number of alkyl halides is 2. The van der Waals surface area contributed by atoms with Gasteiger partial charge < -0.3 is 5.73 Å². The fourth-order valence-electron chi connectivity index (χ4n) is 1.68. The van der Waals surface area contributed by atoms with Gasteiger partial charge in [-0.15, -0.1) is 0 Å². The van der Waals surface area contributed by atoms with E-state index in [1.165, 1.54) is 0 Å². The van der Waals surface area contributed by atoms with Crippen molar-refractivity contribution in [1.82, 2.24) is 0 Å². The highest BCUT2D eigenvalue weighted by atomic mass is 19.3. The van der Waals surface area contributed by atoms with E-state index in [4.69, 9.17) is 5.73 Å². The second-order valence-corrected chi connectivity index (χ2v) is 3.41. The molecule has 0 aliphatic heterocycles. The molecular weight excluding hydrogens is 148 g/mol. The average Bonchev–Trinajstić information content (AvgIpc) is 1.93. The zero-order valence-corrected chi connectivity index (χ0v) is 6.60. The second-order valence-electron chi connectivity index (χ2n) is 3.41. The monoisotopic (exact) mass is 163 g/mol. The Kier molecular flexibility index (Phi) is 3.24. The number of hydrogen-bond acceptors (Lipinski definition) is 1. The Morgan fingerprint density at radius 1 is 1.18 bits per heavy atom. The smallest absolute Gasteiger partial charge is 0.238 e. The van der Waals surface area contributed by atoms with E-state index in [0.29, 0.717) is 0 Å². The van der Waals surface area contributed by atoms with Gasteiger partial charge in [0.15, 0.2) is 0 Å². The first-order valence-electron chi connectivity index (χ1n) is 4.22. The molecule has 0 atom stereocenters. The van der Waals surface area contributed by atoms with Crippen LogP contribution in [0.1, 0.15) is 32.1 Å². The van der Waals surface area contributed by atoms with Gasteiger partial charge in [0, 0.05) is 12.5 Å². The maximum Gasteiger partial charge on any atom is 0.238 e. The highest BCUT2D eigenvalue weighted by Crippen LogP contribution is 2.27. The molecule has 0 spiro atoms. The van der Waals surface area contributed by atoms with Crippen LogP contribution < -0.4 is 5.73 Å². The third-order valence-electron chi connectivity index (χ3n) is 2.40. The fraction of sp³-hybridized carbons (Fsp3) is 1.00. The van der Waals surface area contributed by atoms with Crippen molar-refractivity contribution in [2.45, 2.75) is 44.6 Å². The lowest BCUT2D eigenvalue weighted by atomic mass is 9.85. The highest BCUT2D eigenvalue weighted by molar-refractivity contribution is 4.74. The minimum atomic E-state index is -2.13. The maximum absolute atomic E-state index is 11.9. The first-order chi connectivity index (χ1) is 5.18. The fourth-order valence-corrected chi connectivity index (χ4v) is 1.68. The van der Waals surface area contributed by atoms with E-state index in [2.05, 4.69) is 0 Å². The van der Waals surface area contributed by atoms with Gasteiger partial charge in [-0.1, -0.05) is 0 Å². The van der Waals surface area contributed by atoms with Crippen molar-refractivity contribution in [2.75, 3.05) is 0 Å². The first kappa shape index (κ1) is 8.91. The molecule has 0 bridgehead atoms. The molecule has 0 aromatic carbocycles. The number of nitrogens with two attached hydrogens (primary N) is 1. The van der Waals surface area contributed by atoms with Crippen LogP contribution in [0.25, 0.3) is 0 Å². The van der Waals surface area contributed by atoms with Gasteiger partial charge >= 0.3 is 0 Å². The van der Waals surface area contributed by atoms with Crippen LogP contribution in [0, 0.1) is 5.92 Å². The zero-order chi connectivity index (χ0) is 8.27. The maximum atomic E-state index is 11.9. The van der Waals surface area contributed by atoms with E-state index < -0.39 is 6.43 Å². The predicted octanol–water partition coefficient (Wildman–Crippen LogP) is 2.16. The summed E-state index contributed by atoms with van der Waals surface area (Å²) in [5, 5.41) is 0. The van der Waals surface area contributed by atoms with E-state index in [1.54, 1.807) is 0 Å². The Balaban J connectivity index is 2.17. The van der Waals surface area contributed by atoms with Gasteiger partial charge in [0.2, 0.25) is 6.43 Å². The third kappa shape index (κ3) is 3.14. The molecule has 0 aromatic heterocycles. The van der Waals surface area contributed by atoms with Crippen LogP contribution in [0.5, 0.6) is 0 Å². The molecule has 1 aliphatic carbocycles. The van der Waals surface area contributed by atoms with Gasteiger partial charge in [0.1, 0.15) is 0 Å². The molecule has 1 fully saturated rings. The Hall–Kier alpha value is -0.180. The minimum Gasteiger partial charge on any atom is -0.328 e. The van der Waals surface area contributed by atoms with E-state index in [-0.39, 0.29) is 18.4 Å². The van der Waals surface area contributed by atoms with Gasteiger partial charge in [-0.25, -0.2) is 8.78 Å². The first-order valence-corrected chi connectivity index (χ1v) is 4.22. The summed E-state index contributed by atoms with van der Waals surface area (Å²) in [6.45, 7) is 0. The zero-order valence-electron chi connectivity index (χ0n) is 6.60. The summed E-state index contributed by atoms with van der Waals surface area (Å²) < 4.78 is 23.8. The summed E-state index contributed by atoms with van der Waals surface area (Å²) in [5.41, 5.74) is 5.64. The van der Waals surface area contributed by atoms with Crippen molar-refractivity contribution in [3.63, 3.8) is 0 Å². The van der Waals surface area contributed by atoms with Crippen molar-refractivity contribution >= 4 is 0 Å². The van der Waals surface area contributed by atoms with Crippen molar-refractivity contribution < 1.29 is 8.78 Å². The van der Waals surface area contributed by atoms with Crippen LogP contribution in [0.4, 0.5) is 8.78 Å². The molecule has 1 saturated carbocycles. The number of hydrogen-bond donors (Lipinski definition) is 1. The van der Waals surface area contributed by atoms with Gasteiger partial charge in [-0.3, -0.25) is 0 Å². The lowest BCUT2D eigenvalue weighted by Crippen LogP contribution is -2.27. The van der Waals surface area contributed by atoms with Crippen LogP contribution in [-0.4, -0.2) is 12.5 Å². The Morgan fingerprint density at radius 2 is 1.73 bits per heavy atom. The van der Waals surface area contributed by atoms with Gasteiger partial charge in [0.25, 0.3) is 0 Å². The molecule has 2 N–H and O–H groups in total. The summed E-state index contributed by atoms with van der Waals surface area (Å²) in [6.07, 6.45) is 1.59. The Bertz CT molecular complexity index is 109. The minimum absolute atomic E-state index is 0.0761. The lowest BCUT2D eigenvalue weighted by Gasteiger charge is -2.25. The molecule has 0 unspecified atom stereocenters. The second kappa shape index (κ2) is 4.00. The molecule has 0 aromatic rings. The van der Waals surface area contributed by atoms with Crippen molar-refractivity contribution in [1.29, 1.82) is 0 Å². The quantitative estimate of drug-likeness (QED) is 0.663. The van der Waals surface area contributed by atoms with Crippen molar-refractivity contribution in [3.05, 3.63) is 0 Å². The normalized spacial score (nSPS) is 32.7. The molecule has 11 heavy (non-hydrogen) atoms. The van der Waals surface area contributed by atoms with Crippen LogP contribution in [0.2, 0.25) is 0 Å². The summed E-state index contributed by atoms with van der Waals surface area (Å²) in [4.78, 5) is 0. The van der Waals surface area contributed by atoms with E-state index >= 15 is 0 Å². The van der Waals surface area contributed by atoms with E-state index in [0.717, 1.165) is 25.7 Å². The molecule has 0 amide bonds. The summed E-state index contributed by atoms with van der Waals surface area (Å²) >= 11 is 0. The van der Waals surface area contributed by atoms with E-state index in [1.807, 2.05) is 0 Å². The van der Waals surface area contributed by atoms with Gasteiger partial charge in [-0.05, 0) is 31.6 Å². The average molecular weight is 163 g/mol. The largest absolute Gasteiger partial charge is 0.328 e. The summed E-state index contributed by atoms with van der Waals surface area (Å²) in [7, 11) is 0. The molecule has 3 heteroatoms. The molecule has 0 heterocycles. The lowest BCUT2D eigenvalue weighted by molar-refractivity contribution is 0.102. The number of rotatable bonds is 2.